The normalized spacial score (nSPS) is 18.4. The quantitative estimate of drug-likeness (QED) is 0.775. The number of para-hydroxylation sites is 1. The number of aromatic carboxylic acids is 1. The molecule has 0 spiro atoms. The molecular weight excluding hydrogens is 372 g/mol. The Morgan fingerprint density at radius 3 is 2.34 bits per heavy atom. The summed E-state index contributed by atoms with van der Waals surface area (Å²) in [5.41, 5.74) is -1.55. The Balaban J connectivity index is 2.43. The zero-order chi connectivity index (χ0) is 21.6. The highest BCUT2D eigenvalue weighted by Gasteiger charge is 2.58. The molecule has 0 bridgehead atoms. The Kier molecular flexibility index (Phi) is 4.86. The van der Waals surface area contributed by atoms with Gasteiger partial charge in [0.05, 0.1) is 12.7 Å². The van der Waals surface area contributed by atoms with E-state index in [-0.39, 0.29) is 11.1 Å². The molecule has 1 aliphatic rings. The van der Waals surface area contributed by atoms with E-state index in [1.807, 2.05) is 0 Å². The van der Waals surface area contributed by atoms with E-state index >= 15 is 0 Å². The van der Waals surface area contributed by atoms with Crippen LogP contribution >= 0.6 is 0 Å². The van der Waals surface area contributed by atoms with Crippen molar-refractivity contribution in [3.8, 4) is 5.75 Å². The summed E-state index contributed by atoms with van der Waals surface area (Å²) in [4.78, 5) is 40.7. The second-order valence-corrected chi connectivity index (χ2v) is 8.05. The minimum atomic E-state index is -1.85. The Hall–Kier alpha value is -3.35. The average molecular weight is 396 g/mol. The molecular formula is C22H24N2O5. The number of benzene rings is 2. The van der Waals surface area contributed by atoms with E-state index in [4.69, 9.17) is 4.74 Å². The molecule has 2 N–H and O–H groups in total. The predicted molar refractivity (Wildman–Crippen MR) is 108 cm³/mol. The highest BCUT2D eigenvalue weighted by atomic mass is 16.5. The molecule has 3 rings (SSSR count). The molecule has 0 aromatic heterocycles. The number of carbonyl (C=O) groups is 3. The van der Waals surface area contributed by atoms with Gasteiger partial charge in [-0.2, -0.15) is 0 Å². The van der Waals surface area contributed by atoms with Crippen molar-refractivity contribution < 1.29 is 24.2 Å². The highest BCUT2D eigenvalue weighted by Crippen LogP contribution is 2.47. The number of hydrogen-bond donors (Lipinski definition) is 2. The average Bonchev–Trinajstić information content (AvgIpc) is 2.88. The summed E-state index contributed by atoms with van der Waals surface area (Å²) in [7, 11) is 3.02. The van der Waals surface area contributed by atoms with Gasteiger partial charge >= 0.3 is 5.97 Å². The van der Waals surface area contributed by atoms with Gasteiger partial charge in [-0.1, -0.05) is 18.2 Å². The number of methoxy groups -OCH3 is 1. The van der Waals surface area contributed by atoms with Crippen LogP contribution in [0.4, 0.5) is 5.69 Å². The fourth-order valence-electron chi connectivity index (χ4n) is 3.74. The molecule has 2 aromatic rings. The van der Waals surface area contributed by atoms with Crippen molar-refractivity contribution in [2.75, 3.05) is 19.1 Å². The van der Waals surface area contributed by atoms with Gasteiger partial charge in [-0.3, -0.25) is 9.59 Å². The van der Waals surface area contributed by atoms with Crippen molar-refractivity contribution in [1.82, 2.24) is 5.32 Å². The van der Waals surface area contributed by atoms with E-state index in [1.54, 1.807) is 52.1 Å². The van der Waals surface area contributed by atoms with Crippen molar-refractivity contribution in [3.05, 3.63) is 59.2 Å². The highest BCUT2D eigenvalue weighted by molar-refractivity contribution is 6.25. The van der Waals surface area contributed by atoms with Crippen LogP contribution in [0.3, 0.4) is 0 Å². The maximum atomic E-state index is 13.7. The van der Waals surface area contributed by atoms with E-state index in [1.165, 1.54) is 30.2 Å². The van der Waals surface area contributed by atoms with E-state index in [2.05, 4.69) is 5.32 Å². The van der Waals surface area contributed by atoms with Gasteiger partial charge in [0.25, 0.3) is 5.91 Å². The van der Waals surface area contributed by atoms with Crippen LogP contribution in [0.25, 0.3) is 0 Å². The minimum absolute atomic E-state index is 0.0768. The standard InChI is InChI=1S/C22H24N2O5/c1-21(2,3)23-19(27)22(15-8-6-7-9-17(15)24(4)20(22)28)16-12-13(29-5)10-11-14(16)18(25)26/h6-12H,1-5H3,(H,23,27)(H,25,26). The molecule has 152 valence electrons. The number of carbonyl (C=O) groups excluding carboxylic acids is 2. The Morgan fingerprint density at radius 1 is 1.10 bits per heavy atom. The number of hydrogen-bond acceptors (Lipinski definition) is 4. The summed E-state index contributed by atoms with van der Waals surface area (Å²) in [6.07, 6.45) is 0. The summed E-state index contributed by atoms with van der Waals surface area (Å²) >= 11 is 0. The van der Waals surface area contributed by atoms with Gasteiger partial charge in [0.1, 0.15) is 5.75 Å². The number of likely N-dealkylation sites (N-methyl/N-ethyl adjacent to an activating group) is 1. The largest absolute Gasteiger partial charge is 0.497 e. The van der Waals surface area contributed by atoms with Gasteiger partial charge < -0.3 is 20.1 Å². The van der Waals surface area contributed by atoms with Gasteiger partial charge in [-0.25, -0.2) is 4.79 Å². The molecule has 2 aromatic carbocycles. The molecule has 7 nitrogen and oxygen atoms in total. The number of amides is 2. The Morgan fingerprint density at radius 2 is 1.76 bits per heavy atom. The second-order valence-electron chi connectivity index (χ2n) is 8.05. The number of nitrogens with zero attached hydrogens (tertiary/aromatic N) is 1. The second kappa shape index (κ2) is 6.92. The summed E-state index contributed by atoms with van der Waals surface area (Å²) in [6, 6.07) is 11.2. The minimum Gasteiger partial charge on any atom is -0.497 e. The zero-order valence-corrected chi connectivity index (χ0v) is 17.1. The van der Waals surface area contributed by atoms with E-state index < -0.39 is 28.7 Å². The first-order chi connectivity index (χ1) is 13.5. The van der Waals surface area contributed by atoms with E-state index in [0.29, 0.717) is 17.0 Å². The fraction of sp³-hybridized carbons (Fsp3) is 0.318. The number of carboxylic acid groups (broad SMARTS) is 1. The zero-order valence-electron chi connectivity index (χ0n) is 17.1. The third kappa shape index (κ3) is 3.12. The number of carboxylic acids is 1. The first-order valence-electron chi connectivity index (χ1n) is 9.16. The molecule has 0 radical (unpaired) electrons. The molecule has 1 aliphatic heterocycles. The van der Waals surface area contributed by atoms with Crippen molar-refractivity contribution in [3.63, 3.8) is 0 Å². The van der Waals surface area contributed by atoms with Crippen molar-refractivity contribution in [2.45, 2.75) is 31.7 Å². The van der Waals surface area contributed by atoms with Crippen LogP contribution in [-0.4, -0.2) is 42.6 Å². The van der Waals surface area contributed by atoms with Gasteiger partial charge in [0, 0.05) is 23.8 Å². The topological polar surface area (TPSA) is 95.9 Å². The van der Waals surface area contributed by atoms with Gasteiger partial charge in [0.15, 0.2) is 5.41 Å². The molecule has 1 atom stereocenters. The molecule has 1 unspecified atom stereocenters. The SMILES string of the molecule is COc1ccc(C(=O)O)c(C2(C(=O)NC(C)(C)C)C(=O)N(C)c3ccccc32)c1. The van der Waals surface area contributed by atoms with Gasteiger partial charge in [-0.05, 0) is 50.6 Å². The molecule has 1 heterocycles. The van der Waals surface area contributed by atoms with Gasteiger partial charge in [0.2, 0.25) is 5.91 Å². The molecule has 0 fully saturated rings. The number of rotatable bonds is 4. The maximum absolute atomic E-state index is 13.7. The monoisotopic (exact) mass is 396 g/mol. The number of fused-ring (bicyclic) bond motifs is 1. The van der Waals surface area contributed by atoms with Crippen LogP contribution in [0.2, 0.25) is 0 Å². The van der Waals surface area contributed by atoms with Crippen LogP contribution in [0.5, 0.6) is 5.75 Å². The van der Waals surface area contributed by atoms with Crippen LogP contribution in [0.1, 0.15) is 42.3 Å². The summed E-state index contributed by atoms with van der Waals surface area (Å²) in [5.74, 6) is -1.98. The van der Waals surface area contributed by atoms with Crippen LogP contribution in [0.15, 0.2) is 42.5 Å². The maximum Gasteiger partial charge on any atom is 0.336 e. The first-order valence-corrected chi connectivity index (χ1v) is 9.16. The summed E-state index contributed by atoms with van der Waals surface area (Å²) in [6.45, 7) is 5.41. The van der Waals surface area contributed by atoms with Crippen LogP contribution in [-0.2, 0) is 15.0 Å². The third-order valence-electron chi connectivity index (χ3n) is 4.99. The smallest absolute Gasteiger partial charge is 0.336 e. The van der Waals surface area contributed by atoms with Crippen molar-refractivity contribution in [1.29, 1.82) is 0 Å². The lowest BCUT2D eigenvalue weighted by atomic mass is 9.72. The molecule has 29 heavy (non-hydrogen) atoms. The van der Waals surface area contributed by atoms with Gasteiger partial charge in [-0.15, -0.1) is 0 Å². The first kappa shape index (κ1) is 20.4. The third-order valence-corrected chi connectivity index (χ3v) is 4.99. The lowest BCUT2D eigenvalue weighted by Gasteiger charge is -2.33. The number of nitrogens with one attached hydrogen (secondary N) is 1. The molecule has 2 amide bonds. The lowest BCUT2D eigenvalue weighted by molar-refractivity contribution is -0.134. The van der Waals surface area contributed by atoms with Crippen LogP contribution in [0, 0.1) is 0 Å². The Bertz CT molecular complexity index is 1010. The predicted octanol–water partition coefficient (Wildman–Crippen LogP) is 2.57. The number of ether oxygens (including phenoxy) is 1. The Labute approximate surface area is 169 Å². The van der Waals surface area contributed by atoms with Crippen molar-refractivity contribution in [2.24, 2.45) is 0 Å². The molecule has 0 saturated heterocycles. The van der Waals surface area contributed by atoms with E-state index in [9.17, 15) is 19.5 Å². The van der Waals surface area contributed by atoms with Crippen LogP contribution < -0.4 is 15.0 Å². The molecule has 0 aliphatic carbocycles. The van der Waals surface area contributed by atoms with E-state index in [0.717, 1.165) is 0 Å². The lowest BCUT2D eigenvalue weighted by Crippen LogP contribution is -2.56. The summed E-state index contributed by atoms with van der Waals surface area (Å²) < 4.78 is 5.28. The molecule has 7 heteroatoms. The fourth-order valence-corrected chi connectivity index (χ4v) is 3.74. The summed E-state index contributed by atoms with van der Waals surface area (Å²) in [5, 5.41) is 12.7. The molecule has 0 saturated carbocycles. The van der Waals surface area contributed by atoms with Crippen molar-refractivity contribution >= 4 is 23.5 Å². The number of anilines is 1.